The highest BCUT2D eigenvalue weighted by Crippen LogP contribution is 2.28. The fraction of sp³-hybridized carbons (Fsp3) is 0.421. The maximum atomic E-state index is 5.85. The first-order chi connectivity index (χ1) is 12.0. The van der Waals surface area contributed by atoms with Crippen LogP contribution in [0.5, 0.6) is 0 Å². The molecule has 1 fully saturated rings. The summed E-state index contributed by atoms with van der Waals surface area (Å²) in [6.45, 7) is 10.0. The summed E-state index contributed by atoms with van der Waals surface area (Å²) in [7, 11) is 0. The molecule has 0 unspecified atom stereocenters. The number of aromatic nitrogens is 4. The lowest BCUT2D eigenvalue weighted by molar-refractivity contribution is -0.00537. The molecule has 1 saturated heterocycles. The van der Waals surface area contributed by atoms with Crippen molar-refractivity contribution in [3.63, 3.8) is 0 Å². The Balaban J connectivity index is 1.82. The lowest BCUT2D eigenvalue weighted by Gasteiger charge is -2.36. The summed E-state index contributed by atoms with van der Waals surface area (Å²) < 4.78 is 7.76. The molecule has 0 aliphatic carbocycles. The molecular weight excluding hydrogens is 314 g/mol. The van der Waals surface area contributed by atoms with Crippen molar-refractivity contribution in [2.45, 2.75) is 39.9 Å². The topological polar surface area (TPSA) is 56.1 Å². The number of hydrogen-bond donors (Lipinski definition) is 0. The first-order valence-electron chi connectivity index (χ1n) is 8.69. The minimum Gasteiger partial charge on any atom is -0.372 e. The van der Waals surface area contributed by atoms with Gasteiger partial charge in [-0.3, -0.25) is 0 Å². The van der Waals surface area contributed by atoms with Gasteiger partial charge in [-0.15, -0.1) is 0 Å². The van der Waals surface area contributed by atoms with Gasteiger partial charge in [0.05, 0.1) is 29.5 Å². The van der Waals surface area contributed by atoms with Crippen LogP contribution in [0.25, 0.3) is 16.7 Å². The summed E-state index contributed by atoms with van der Waals surface area (Å²) >= 11 is 0. The molecule has 2 atom stereocenters. The van der Waals surface area contributed by atoms with E-state index in [9.17, 15) is 0 Å². The quantitative estimate of drug-likeness (QED) is 0.719. The Morgan fingerprint density at radius 1 is 1.08 bits per heavy atom. The van der Waals surface area contributed by atoms with Crippen molar-refractivity contribution in [1.82, 2.24) is 19.7 Å². The molecule has 0 saturated carbocycles. The Kier molecular flexibility index (Phi) is 3.92. The first kappa shape index (κ1) is 16.0. The van der Waals surface area contributed by atoms with Gasteiger partial charge in [-0.05, 0) is 44.9 Å². The van der Waals surface area contributed by atoms with Crippen LogP contribution in [0.1, 0.15) is 25.0 Å². The van der Waals surface area contributed by atoms with Crippen LogP contribution in [-0.2, 0) is 4.74 Å². The second-order valence-corrected chi connectivity index (χ2v) is 6.94. The third-order valence-electron chi connectivity index (χ3n) is 4.66. The normalized spacial score (nSPS) is 21.0. The van der Waals surface area contributed by atoms with Gasteiger partial charge in [0.15, 0.2) is 5.65 Å². The molecule has 3 aromatic rings. The summed E-state index contributed by atoms with van der Waals surface area (Å²) in [5.74, 6) is 0.934. The van der Waals surface area contributed by atoms with E-state index in [0.29, 0.717) is 0 Å². The van der Waals surface area contributed by atoms with Gasteiger partial charge in [0.1, 0.15) is 12.1 Å². The average Bonchev–Trinajstić information content (AvgIpc) is 3.00. The molecule has 0 N–H and O–H groups in total. The highest BCUT2D eigenvalue weighted by Gasteiger charge is 2.25. The molecule has 0 bridgehead atoms. The third-order valence-corrected chi connectivity index (χ3v) is 4.66. The van der Waals surface area contributed by atoms with Gasteiger partial charge < -0.3 is 9.64 Å². The molecule has 4 rings (SSSR count). The number of benzene rings is 1. The molecule has 0 radical (unpaired) electrons. The van der Waals surface area contributed by atoms with Gasteiger partial charge >= 0.3 is 0 Å². The zero-order chi connectivity index (χ0) is 17.6. The van der Waals surface area contributed by atoms with Crippen LogP contribution in [0, 0.1) is 13.8 Å². The molecular formula is C19H23N5O. The number of rotatable bonds is 2. The van der Waals surface area contributed by atoms with Crippen molar-refractivity contribution in [3.05, 3.63) is 41.9 Å². The molecule has 1 aliphatic heterocycles. The van der Waals surface area contributed by atoms with Gasteiger partial charge in [-0.25, -0.2) is 14.6 Å². The Bertz CT molecular complexity index is 909. The molecule has 6 heteroatoms. The van der Waals surface area contributed by atoms with E-state index in [2.05, 4.69) is 65.9 Å². The second-order valence-electron chi connectivity index (χ2n) is 6.94. The van der Waals surface area contributed by atoms with Crippen LogP contribution in [0.2, 0.25) is 0 Å². The lowest BCUT2D eigenvalue weighted by Crippen LogP contribution is -2.45. The third kappa shape index (κ3) is 2.87. The predicted molar refractivity (Wildman–Crippen MR) is 98.4 cm³/mol. The van der Waals surface area contributed by atoms with E-state index in [-0.39, 0.29) is 12.2 Å². The van der Waals surface area contributed by atoms with Crippen molar-refractivity contribution in [2.75, 3.05) is 18.0 Å². The van der Waals surface area contributed by atoms with Gasteiger partial charge in [-0.2, -0.15) is 5.10 Å². The first-order valence-corrected chi connectivity index (χ1v) is 8.69. The monoisotopic (exact) mass is 337 g/mol. The molecule has 3 heterocycles. The number of nitrogens with zero attached hydrogens (tertiary/aromatic N) is 5. The number of fused-ring (bicyclic) bond motifs is 1. The van der Waals surface area contributed by atoms with Crippen LogP contribution in [0.15, 0.2) is 30.7 Å². The summed E-state index contributed by atoms with van der Waals surface area (Å²) in [4.78, 5) is 11.3. The number of aryl methyl sites for hydroxylation is 2. The van der Waals surface area contributed by atoms with Crippen LogP contribution >= 0.6 is 0 Å². The summed E-state index contributed by atoms with van der Waals surface area (Å²) in [6, 6.07) is 6.37. The summed E-state index contributed by atoms with van der Waals surface area (Å²) in [5.41, 5.74) is 4.27. The number of anilines is 1. The second kappa shape index (κ2) is 6.11. The van der Waals surface area contributed by atoms with E-state index >= 15 is 0 Å². The maximum absolute atomic E-state index is 5.85. The van der Waals surface area contributed by atoms with Crippen molar-refractivity contribution < 1.29 is 4.74 Å². The number of morpholine rings is 1. The van der Waals surface area contributed by atoms with Crippen molar-refractivity contribution >= 4 is 16.9 Å². The SMILES string of the molecule is Cc1ccc(C)c(-n2ncc3c(N4C[C@H](C)O[C@@H](C)C4)ncnc32)c1. The zero-order valence-electron chi connectivity index (χ0n) is 15.1. The Morgan fingerprint density at radius 2 is 1.84 bits per heavy atom. The minimum atomic E-state index is 0.183. The summed E-state index contributed by atoms with van der Waals surface area (Å²) in [5, 5.41) is 5.59. The van der Waals surface area contributed by atoms with Crippen LogP contribution < -0.4 is 4.90 Å². The molecule has 2 aromatic heterocycles. The van der Waals surface area contributed by atoms with E-state index in [1.807, 2.05) is 10.9 Å². The fourth-order valence-electron chi connectivity index (χ4n) is 3.56. The Morgan fingerprint density at radius 3 is 2.60 bits per heavy atom. The largest absolute Gasteiger partial charge is 0.372 e. The standard InChI is InChI=1S/C19H23N5O/c1-12-5-6-13(2)17(7-12)24-19-16(8-22-24)18(20-11-21-19)23-9-14(3)25-15(4)10-23/h5-8,11,14-15H,9-10H2,1-4H3/t14-,15-/m0/s1. The molecule has 0 spiro atoms. The Labute approximate surface area is 147 Å². The zero-order valence-corrected chi connectivity index (χ0v) is 15.1. The van der Waals surface area contributed by atoms with E-state index in [4.69, 9.17) is 4.74 Å². The van der Waals surface area contributed by atoms with E-state index in [1.54, 1.807) is 6.33 Å². The molecule has 1 aromatic carbocycles. The highest BCUT2D eigenvalue weighted by atomic mass is 16.5. The fourth-order valence-corrected chi connectivity index (χ4v) is 3.56. The van der Waals surface area contributed by atoms with Crippen LogP contribution in [-0.4, -0.2) is 45.0 Å². The van der Waals surface area contributed by atoms with Crippen molar-refractivity contribution in [2.24, 2.45) is 0 Å². The lowest BCUT2D eigenvalue weighted by atomic mass is 10.1. The van der Waals surface area contributed by atoms with Crippen LogP contribution in [0.3, 0.4) is 0 Å². The van der Waals surface area contributed by atoms with Crippen molar-refractivity contribution in [3.8, 4) is 5.69 Å². The van der Waals surface area contributed by atoms with Crippen molar-refractivity contribution in [1.29, 1.82) is 0 Å². The molecule has 6 nitrogen and oxygen atoms in total. The molecule has 130 valence electrons. The van der Waals surface area contributed by atoms with Gasteiger partial charge in [0, 0.05) is 13.1 Å². The minimum absolute atomic E-state index is 0.183. The number of ether oxygens (including phenoxy) is 1. The van der Waals surface area contributed by atoms with Crippen LogP contribution in [0.4, 0.5) is 5.82 Å². The molecule has 0 amide bonds. The smallest absolute Gasteiger partial charge is 0.168 e. The van der Waals surface area contributed by atoms with E-state index in [0.717, 1.165) is 35.6 Å². The molecule has 1 aliphatic rings. The van der Waals surface area contributed by atoms with Gasteiger partial charge in [0.25, 0.3) is 0 Å². The van der Waals surface area contributed by atoms with Gasteiger partial charge in [0.2, 0.25) is 0 Å². The van der Waals surface area contributed by atoms with E-state index < -0.39 is 0 Å². The summed E-state index contributed by atoms with van der Waals surface area (Å²) in [6.07, 6.45) is 3.87. The maximum Gasteiger partial charge on any atom is 0.168 e. The molecule has 25 heavy (non-hydrogen) atoms. The predicted octanol–water partition coefficient (Wildman–Crippen LogP) is 3.05. The van der Waals surface area contributed by atoms with E-state index in [1.165, 1.54) is 11.1 Å². The number of hydrogen-bond acceptors (Lipinski definition) is 5. The average molecular weight is 337 g/mol. The van der Waals surface area contributed by atoms with Gasteiger partial charge in [-0.1, -0.05) is 12.1 Å². The Hall–Kier alpha value is -2.47. The highest BCUT2D eigenvalue weighted by molar-refractivity contribution is 5.87.